The number of ether oxygens (including phenoxy) is 1. The van der Waals surface area contributed by atoms with E-state index in [9.17, 15) is 29.4 Å². The van der Waals surface area contributed by atoms with E-state index >= 15 is 0 Å². The predicted molar refractivity (Wildman–Crippen MR) is 194 cm³/mol. The highest BCUT2D eigenvalue weighted by Gasteiger charge is 2.30. The fourth-order valence-electron chi connectivity index (χ4n) is 5.37. The van der Waals surface area contributed by atoms with Gasteiger partial charge in [-0.25, -0.2) is 9.78 Å². The zero-order chi connectivity index (χ0) is 36.7. The lowest BCUT2D eigenvalue weighted by atomic mass is 10.0. The number of aliphatic carboxylic acids is 1. The molecule has 5 rings (SSSR count). The maximum atomic E-state index is 13.9. The molecule has 266 valence electrons. The molecule has 12 nitrogen and oxygen atoms in total. The number of phenols is 1. The Kier molecular flexibility index (Phi) is 12.9. The molecule has 12 heteroatoms. The summed E-state index contributed by atoms with van der Waals surface area (Å²) in [6, 6.07) is 28.2. The number of amides is 3. The van der Waals surface area contributed by atoms with Gasteiger partial charge in [-0.2, -0.15) is 0 Å². The minimum absolute atomic E-state index is 0.0234. The number of aromatic hydroxyl groups is 1. The predicted octanol–water partition coefficient (Wildman–Crippen LogP) is 3.97. The van der Waals surface area contributed by atoms with Crippen molar-refractivity contribution in [1.29, 1.82) is 0 Å². The molecule has 0 aliphatic heterocycles. The molecule has 4 aromatic carbocycles. The highest BCUT2D eigenvalue weighted by Crippen LogP contribution is 2.21. The third-order valence-electron chi connectivity index (χ3n) is 8.09. The Morgan fingerprint density at radius 2 is 1.27 bits per heavy atom. The van der Waals surface area contributed by atoms with Crippen molar-refractivity contribution in [1.82, 2.24) is 25.9 Å². The van der Waals surface area contributed by atoms with Crippen molar-refractivity contribution >= 4 is 29.8 Å². The van der Waals surface area contributed by atoms with E-state index in [1.807, 2.05) is 48.5 Å². The van der Waals surface area contributed by atoms with Gasteiger partial charge in [-0.1, -0.05) is 91.0 Å². The van der Waals surface area contributed by atoms with Crippen LogP contribution in [-0.2, 0) is 45.0 Å². The SMILES string of the molecule is O=C(/C=C/c1ccccc1OCc1ccccc1)N[C@@H](Cc1cnc[nH]1)C(=O)N[C@@H](Cc1ccccc1)C(=O)N[C@@H](Cc1ccc(O)cc1)C(=O)O. The van der Waals surface area contributed by atoms with Crippen LogP contribution in [0.3, 0.4) is 0 Å². The van der Waals surface area contributed by atoms with Crippen molar-refractivity contribution in [3.63, 3.8) is 0 Å². The van der Waals surface area contributed by atoms with Crippen LogP contribution < -0.4 is 20.7 Å². The van der Waals surface area contributed by atoms with Crippen LogP contribution in [0.25, 0.3) is 6.08 Å². The molecule has 1 aromatic heterocycles. The van der Waals surface area contributed by atoms with Gasteiger partial charge in [0.1, 0.15) is 36.2 Å². The number of H-pyrrole nitrogens is 1. The molecule has 52 heavy (non-hydrogen) atoms. The summed E-state index contributed by atoms with van der Waals surface area (Å²) in [7, 11) is 0. The number of hydrogen-bond donors (Lipinski definition) is 6. The number of carbonyl (C=O) groups excluding carboxylic acids is 3. The number of benzene rings is 4. The Balaban J connectivity index is 1.31. The van der Waals surface area contributed by atoms with Crippen LogP contribution in [0.4, 0.5) is 0 Å². The number of para-hydroxylation sites is 1. The van der Waals surface area contributed by atoms with Crippen molar-refractivity contribution < 1.29 is 34.1 Å². The molecule has 0 fully saturated rings. The second kappa shape index (κ2) is 18.3. The molecular formula is C40H39N5O7. The van der Waals surface area contributed by atoms with Crippen LogP contribution in [0.5, 0.6) is 11.5 Å². The fraction of sp³-hybridized carbons (Fsp3) is 0.175. The maximum absolute atomic E-state index is 13.9. The van der Waals surface area contributed by atoms with Crippen LogP contribution in [0.1, 0.15) is 27.9 Å². The minimum atomic E-state index is -1.32. The monoisotopic (exact) mass is 701 g/mol. The molecule has 0 saturated heterocycles. The van der Waals surface area contributed by atoms with Crippen LogP contribution in [0, 0.1) is 0 Å². The standard InChI is InChI=1S/C40H39N5O7/c46-32-18-15-28(16-19-32)22-35(40(50)51)45-38(48)33(21-27-9-3-1-4-10-27)44-39(49)34(23-31-24-41-26-42-31)43-37(47)20-17-30-13-7-8-14-36(30)52-25-29-11-5-2-6-12-29/h1-20,24,26,33-35,46H,21-23,25H2,(H,41,42)(H,43,47)(H,44,49)(H,45,48)(H,50,51)/b20-17+/t33-,34-,35-/m0/s1. The Hall–Kier alpha value is -6.69. The molecular weight excluding hydrogens is 662 g/mol. The molecule has 5 aromatic rings. The number of carboxylic acid groups (broad SMARTS) is 1. The molecule has 0 aliphatic carbocycles. The highest BCUT2D eigenvalue weighted by atomic mass is 16.5. The largest absolute Gasteiger partial charge is 0.508 e. The lowest BCUT2D eigenvalue weighted by molar-refractivity contribution is -0.142. The number of nitrogens with one attached hydrogen (secondary N) is 4. The summed E-state index contributed by atoms with van der Waals surface area (Å²) < 4.78 is 6.00. The Bertz CT molecular complexity index is 1950. The van der Waals surface area contributed by atoms with Gasteiger partial charge in [0, 0.05) is 42.8 Å². The summed E-state index contributed by atoms with van der Waals surface area (Å²) >= 11 is 0. The zero-order valence-electron chi connectivity index (χ0n) is 28.1. The molecule has 0 unspecified atom stereocenters. The molecule has 6 N–H and O–H groups in total. The Labute approximate surface area is 300 Å². The third-order valence-corrected chi connectivity index (χ3v) is 8.09. The number of imidazole rings is 1. The highest BCUT2D eigenvalue weighted by molar-refractivity contribution is 5.97. The number of carbonyl (C=O) groups is 4. The van der Waals surface area contributed by atoms with Gasteiger partial charge >= 0.3 is 5.97 Å². The third kappa shape index (κ3) is 11.2. The number of carboxylic acids is 1. The van der Waals surface area contributed by atoms with E-state index in [4.69, 9.17) is 4.74 Å². The molecule has 0 bridgehead atoms. The Morgan fingerprint density at radius 1 is 0.692 bits per heavy atom. The van der Waals surface area contributed by atoms with Crippen molar-refractivity contribution in [2.24, 2.45) is 0 Å². The normalized spacial score (nSPS) is 12.7. The number of aromatic nitrogens is 2. The number of nitrogens with zero attached hydrogens (tertiary/aromatic N) is 1. The lowest BCUT2D eigenvalue weighted by Gasteiger charge is -2.24. The van der Waals surface area contributed by atoms with Crippen LogP contribution in [0.2, 0.25) is 0 Å². The number of aromatic amines is 1. The molecule has 0 saturated carbocycles. The summed E-state index contributed by atoms with van der Waals surface area (Å²) in [4.78, 5) is 60.0. The van der Waals surface area contributed by atoms with E-state index in [1.54, 1.807) is 54.6 Å². The van der Waals surface area contributed by atoms with Gasteiger partial charge in [-0.15, -0.1) is 0 Å². The molecule has 3 amide bonds. The fourth-order valence-corrected chi connectivity index (χ4v) is 5.37. The second-order valence-electron chi connectivity index (χ2n) is 12.0. The van der Waals surface area contributed by atoms with Crippen molar-refractivity contribution in [2.45, 2.75) is 44.0 Å². The van der Waals surface area contributed by atoms with Crippen molar-refractivity contribution in [3.05, 3.63) is 156 Å². The first kappa shape index (κ1) is 36.6. The molecule has 1 heterocycles. The molecule has 3 atom stereocenters. The van der Waals surface area contributed by atoms with Gasteiger partial charge in [-0.05, 0) is 41.0 Å². The molecule has 0 radical (unpaired) electrons. The van der Waals surface area contributed by atoms with Gasteiger partial charge in [0.25, 0.3) is 0 Å². The van der Waals surface area contributed by atoms with Gasteiger partial charge in [-0.3, -0.25) is 14.4 Å². The van der Waals surface area contributed by atoms with Crippen LogP contribution in [-0.4, -0.2) is 62.0 Å². The van der Waals surface area contributed by atoms with Gasteiger partial charge < -0.3 is 35.9 Å². The first-order chi connectivity index (χ1) is 25.2. The average Bonchev–Trinajstić information content (AvgIpc) is 3.67. The number of phenolic OH excluding ortho intramolecular Hbond substituents is 1. The summed E-state index contributed by atoms with van der Waals surface area (Å²) in [5.41, 5.74) is 3.51. The van der Waals surface area contributed by atoms with Crippen LogP contribution in [0.15, 0.2) is 128 Å². The number of rotatable bonds is 17. The summed E-state index contributed by atoms with van der Waals surface area (Å²) in [6.07, 6.45) is 5.88. The van der Waals surface area contributed by atoms with Gasteiger partial charge in [0.15, 0.2) is 0 Å². The smallest absolute Gasteiger partial charge is 0.326 e. The summed E-state index contributed by atoms with van der Waals surface area (Å²) in [5.74, 6) is -2.63. The first-order valence-corrected chi connectivity index (χ1v) is 16.6. The molecule has 0 aliphatic rings. The Morgan fingerprint density at radius 3 is 1.92 bits per heavy atom. The van der Waals surface area contributed by atoms with Crippen LogP contribution >= 0.6 is 0 Å². The van der Waals surface area contributed by atoms with E-state index in [0.29, 0.717) is 29.2 Å². The molecule has 0 spiro atoms. The maximum Gasteiger partial charge on any atom is 0.326 e. The van der Waals surface area contributed by atoms with Gasteiger partial charge in [0.05, 0.1) is 6.33 Å². The quantitative estimate of drug-likeness (QED) is 0.0788. The van der Waals surface area contributed by atoms with E-state index in [0.717, 1.165) is 11.1 Å². The lowest BCUT2D eigenvalue weighted by Crippen LogP contribution is -2.57. The summed E-state index contributed by atoms with van der Waals surface area (Å²) in [5, 5.41) is 27.6. The van der Waals surface area contributed by atoms with E-state index < -0.39 is 41.8 Å². The van der Waals surface area contributed by atoms with Gasteiger partial charge in [0.2, 0.25) is 17.7 Å². The van der Waals surface area contributed by atoms with E-state index in [-0.39, 0.29) is 25.0 Å². The van der Waals surface area contributed by atoms with Crippen molar-refractivity contribution in [3.8, 4) is 11.5 Å². The first-order valence-electron chi connectivity index (χ1n) is 16.6. The topological polar surface area (TPSA) is 183 Å². The van der Waals surface area contributed by atoms with E-state index in [2.05, 4.69) is 25.9 Å². The zero-order valence-corrected chi connectivity index (χ0v) is 28.1. The average molecular weight is 702 g/mol. The van der Waals surface area contributed by atoms with Crippen molar-refractivity contribution in [2.75, 3.05) is 0 Å². The number of hydrogen-bond acceptors (Lipinski definition) is 7. The minimum Gasteiger partial charge on any atom is -0.508 e. The van der Waals surface area contributed by atoms with E-state index in [1.165, 1.54) is 30.7 Å². The summed E-state index contributed by atoms with van der Waals surface area (Å²) in [6.45, 7) is 0.339. The second-order valence-corrected chi connectivity index (χ2v) is 12.0.